The summed E-state index contributed by atoms with van der Waals surface area (Å²) >= 11 is 0. The SMILES string of the molecule is CCCNCCCS(=O)(=O)NCc1cn[nH]c1C. The van der Waals surface area contributed by atoms with E-state index in [1.165, 1.54) is 0 Å². The zero-order valence-corrected chi connectivity index (χ0v) is 11.8. The van der Waals surface area contributed by atoms with Gasteiger partial charge in [-0.25, -0.2) is 13.1 Å². The van der Waals surface area contributed by atoms with E-state index in [1.54, 1.807) is 6.20 Å². The van der Waals surface area contributed by atoms with Crippen molar-refractivity contribution in [1.82, 2.24) is 20.2 Å². The Morgan fingerprint density at radius 2 is 2.17 bits per heavy atom. The van der Waals surface area contributed by atoms with Crippen LogP contribution in [0.1, 0.15) is 31.0 Å². The number of rotatable bonds is 9. The molecular weight excluding hydrogens is 252 g/mol. The maximum absolute atomic E-state index is 11.7. The number of sulfonamides is 1. The van der Waals surface area contributed by atoms with Gasteiger partial charge in [-0.15, -0.1) is 0 Å². The lowest BCUT2D eigenvalue weighted by Gasteiger charge is -2.06. The molecule has 0 aliphatic heterocycles. The molecule has 0 aromatic carbocycles. The largest absolute Gasteiger partial charge is 0.317 e. The number of hydrogen-bond donors (Lipinski definition) is 3. The number of aromatic nitrogens is 2. The maximum Gasteiger partial charge on any atom is 0.211 e. The van der Waals surface area contributed by atoms with Gasteiger partial charge in [0.1, 0.15) is 0 Å². The van der Waals surface area contributed by atoms with Crippen molar-refractivity contribution in [1.29, 1.82) is 0 Å². The highest BCUT2D eigenvalue weighted by Gasteiger charge is 2.10. The summed E-state index contributed by atoms with van der Waals surface area (Å²) in [5, 5.41) is 9.80. The van der Waals surface area contributed by atoms with Crippen LogP contribution in [-0.4, -0.2) is 37.5 Å². The minimum absolute atomic E-state index is 0.153. The molecule has 6 nitrogen and oxygen atoms in total. The number of nitrogens with zero attached hydrogens (tertiary/aromatic N) is 1. The summed E-state index contributed by atoms with van der Waals surface area (Å²) in [7, 11) is -3.19. The molecule has 18 heavy (non-hydrogen) atoms. The van der Waals surface area contributed by atoms with E-state index in [2.05, 4.69) is 27.2 Å². The van der Waals surface area contributed by atoms with Gasteiger partial charge in [0, 0.05) is 17.8 Å². The van der Waals surface area contributed by atoms with Gasteiger partial charge in [-0.1, -0.05) is 6.92 Å². The van der Waals surface area contributed by atoms with Crippen molar-refractivity contribution >= 4 is 10.0 Å². The molecular formula is C11H22N4O2S. The summed E-state index contributed by atoms with van der Waals surface area (Å²) in [5.41, 5.74) is 1.77. The van der Waals surface area contributed by atoms with Crippen LogP contribution in [-0.2, 0) is 16.6 Å². The van der Waals surface area contributed by atoms with Gasteiger partial charge < -0.3 is 5.32 Å². The minimum atomic E-state index is -3.19. The van der Waals surface area contributed by atoms with E-state index < -0.39 is 10.0 Å². The fourth-order valence-corrected chi connectivity index (χ4v) is 2.55. The predicted octanol–water partition coefficient (Wildman–Crippen LogP) is 0.527. The fourth-order valence-electron chi connectivity index (χ4n) is 1.50. The van der Waals surface area contributed by atoms with Crippen molar-refractivity contribution in [2.45, 2.75) is 33.2 Å². The van der Waals surface area contributed by atoms with Gasteiger partial charge in [0.05, 0.1) is 11.9 Å². The van der Waals surface area contributed by atoms with Crippen molar-refractivity contribution in [3.63, 3.8) is 0 Å². The molecule has 0 saturated carbocycles. The van der Waals surface area contributed by atoms with Gasteiger partial charge in [-0.3, -0.25) is 5.10 Å². The summed E-state index contributed by atoms with van der Waals surface area (Å²) in [5.74, 6) is 0.153. The lowest BCUT2D eigenvalue weighted by Crippen LogP contribution is -2.28. The van der Waals surface area contributed by atoms with Gasteiger partial charge in [0.15, 0.2) is 0 Å². The van der Waals surface area contributed by atoms with Crippen molar-refractivity contribution in [2.24, 2.45) is 0 Å². The first-order valence-corrected chi connectivity index (χ1v) is 7.87. The molecule has 1 aromatic heterocycles. The van der Waals surface area contributed by atoms with Crippen LogP contribution in [0.2, 0.25) is 0 Å². The molecule has 1 heterocycles. The van der Waals surface area contributed by atoms with Gasteiger partial charge >= 0.3 is 0 Å². The average Bonchev–Trinajstić information content (AvgIpc) is 2.72. The Labute approximate surface area is 109 Å². The average molecular weight is 274 g/mol. The molecule has 0 aliphatic carbocycles. The van der Waals surface area contributed by atoms with Gasteiger partial charge in [0.25, 0.3) is 0 Å². The highest BCUT2D eigenvalue weighted by atomic mass is 32.2. The third-order valence-electron chi connectivity index (χ3n) is 2.61. The van der Waals surface area contributed by atoms with Crippen LogP contribution in [0.15, 0.2) is 6.20 Å². The summed E-state index contributed by atoms with van der Waals surface area (Å²) in [6.07, 6.45) is 3.32. The zero-order valence-electron chi connectivity index (χ0n) is 11.0. The molecule has 3 N–H and O–H groups in total. The number of aryl methyl sites for hydroxylation is 1. The smallest absolute Gasteiger partial charge is 0.211 e. The molecule has 0 radical (unpaired) electrons. The molecule has 0 saturated heterocycles. The molecule has 7 heteroatoms. The van der Waals surface area contributed by atoms with Crippen LogP contribution in [0.3, 0.4) is 0 Å². The van der Waals surface area contributed by atoms with E-state index in [0.29, 0.717) is 13.0 Å². The van der Waals surface area contributed by atoms with E-state index in [0.717, 1.165) is 30.8 Å². The van der Waals surface area contributed by atoms with Crippen molar-refractivity contribution in [3.8, 4) is 0 Å². The van der Waals surface area contributed by atoms with E-state index in [9.17, 15) is 8.42 Å². The van der Waals surface area contributed by atoms with Crippen molar-refractivity contribution < 1.29 is 8.42 Å². The Hall–Kier alpha value is -0.920. The molecule has 1 rings (SSSR count). The molecule has 0 fully saturated rings. The zero-order chi connectivity index (χ0) is 13.4. The van der Waals surface area contributed by atoms with Gasteiger partial charge in [-0.2, -0.15) is 5.10 Å². The third kappa shape index (κ3) is 5.61. The monoisotopic (exact) mass is 274 g/mol. The first-order valence-electron chi connectivity index (χ1n) is 6.22. The van der Waals surface area contributed by atoms with E-state index in [-0.39, 0.29) is 5.75 Å². The Morgan fingerprint density at radius 1 is 1.39 bits per heavy atom. The summed E-state index contributed by atoms with van der Waals surface area (Å²) in [4.78, 5) is 0. The second-order valence-electron chi connectivity index (χ2n) is 4.26. The van der Waals surface area contributed by atoms with Crippen molar-refractivity contribution in [3.05, 3.63) is 17.5 Å². The third-order valence-corrected chi connectivity index (χ3v) is 4.02. The van der Waals surface area contributed by atoms with Gasteiger partial charge in [0.2, 0.25) is 10.0 Å². The number of nitrogens with one attached hydrogen (secondary N) is 3. The quantitative estimate of drug-likeness (QED) is 0.573. The van der Waals surface area contributed by atoms with Crippen molar-refractivity contribution in [2.75, 3.05) is 18.8 Å². The first-order chi connectivity index (χ1) is 8.55. The lowest BCUT2D eigenvalue weighted by molar-refractivity contribution is 0.574. The standard InChI is InChI=1S/C11H22N4O2S/c1-3-5-12-6-4-7-18(16,17)14-9-11-8-13-15-10(11)2/h8,12,14H,3-7,9H2,1-2H3,(H,13,15). The van der Waals surface area contributed by atoms with Crippen LogP contribution in [0.25, 0.3) is 0 Å². The second-order valence-corrected chi connectivity index (χ2v) is 6.19. The highest BCUT2D eigenvalue weighted by Crippen LogP contribution is 2.02. The molecule has 0 bridgehead atoms. The summed E-state index contributed by atoms with van der Waals surface area (Å²) < 4.78 is 26.0. The van der Waals surface area contributed by atoms with Gasteiger partial charge in [-0.05, 0) is 32.9 Å². The van der Waals surface area contributed by atoms with E-state index in [4.69, 9.17) is 0 Å². The fraction of sp³-hybridized carbons (Fsp3) is 0.727. The summed E-state index contributed by atoms with van der Waals surface area (Å²) in [6, 6.07) is 0. The highest BCUT2D eigenvalue weighted by molar-refractivity contribution is 7.89. The molecule has 0 amide bonds. The number of hydrogen-bond acceptors (Lipinski definition) is 4. The number of H-pyrrole nitrogens is 1. The van der Waals surface area contributed by atoms with E-state index >= 15 is 0 Å². The molecule has 0 unspecified atom stereocenters. The van der Waals surface area contributed by atoms with Crippen LogP contribution < -0.4 is 10.0 Å². The first kappa shape index (κ1) is 15.1. The lowest BCUT2D eigenvalue weighted by atomic mass is 10.3. The van der Waals surface area contributed by atoms with Crippen LogP contribution in [0.4, 0.5) is 0 Å². The Bertz CT molecular complexity index is 442. The normalized spacial score (nSPS) is 11.9. The number of aromatic amines is 1. The Kier molecular flexibility index (Phi) is 6.31. The minimum Gasteiger partial charge on any atom is -0.317 e. The Balaban J connectivity index is 2.25. The van der Waals surface area contributed by atoms with Crippen LogP contribution >= 0.6 is 0 Å². The molecule has 1 aromatic rings. The Morgan fingerprint density at radius 3 is 2.78 bits per heavy atom. The van der Waals surface area contributed by atoms with Crippen LogP contribution in [0, 0.1) is 6.92 Å². The summed E-state index contributed by atoms with van der Waals surface area (Å²) in [6.45, 7) is 5.91. The predicted molar refractivity (Wildman–Crippen MR) is 71.7 cm³/mol. The second kappa shape index (κ2) is 7.50. The molecule has 0 spiro atoms. The topological polar surface area (TPSA) is 86.9 Å². The molecule has 104 valence electrons. The van der Waals surface area contributed by atoms with E-state index in [1.807, 2.05) is 6.92 Å². The molecule has 0 aliphatic rings. The van der Waals surface area contributed by atoms with Crippen LogP contribution in [0.5, 0.6) is 0 Å². The molecule has 0 atom stereocenters. The maximum atomic E-state index is 11.7.